The third-order valence-corrected chi connectivity index (χ3v) is 0.714. The van der Waals surface area contributed by atoms with Gasteiger partial charge in [-0.25, -0.2) is 4.57 Å². The Morgan fingerprint density at radius 2 is 1.50 bits per heavy atom. The Balaban J connectivity index is -0.000000125. The van der Waals surface area contributed by atoms with Crippen molar-refractivity contribution in [1.82, 2.24) is 0 Å². The van der Waals surface area contributed by atoms with Crippen LogP contribution in [0.25, 0.3) is 0 Å². The molecule has 0 amide bonds. The van der Waals surface area contributed by atoms with Crippen LogP contribution in [-0.2, 0) is 9.09 Å². The third kappa shape index (κ3) is 15.7. The normalized spacial score (nSPS) is 8.88. The zero-order valence-corrected chi connectivity index (χ0v) is 10.1. The maximum Gasteiger partial charge on any atom is 0.469 e. The second-order valence-corrected chi connectivity index (χ2v) is 2.02. The van der Waals surface area contributed by atoms with Gasteiger partial charge in [0.25, 0.3) is 0 Å². The van der Waals surface area contributed by atoms with Crippen molar-refractivity contribution in [3.05, 3.63) is 0 Å². The molecule has 0 rings (SSSR count). The molecule has 0 fully saturated rings. The summed E-state index contributed by atoms with van der Waals surface area (Å²) in [5.74, 6) is 0. The molecule has 7 heteroatoms. The minimum atomic E-state index is -4.15. The molecule has 0 aromatic carbocycles. The SMILES string of the molecule is COP(=O)(O)O.[Na].[Na]. The van der Waals surface area contributed by atoms with E-state index in [1.807, 2.05) is 0 Å². The molecule has 0 aliphatic heterocycles. The molecule has 0 bridgehead atoms. The number of hydrogen-bond donors (Lipinski definition) is 2. The molecule has 0 saturated heterocycles. The maximum absolute atomic E-state index is 9.47. The minimum Gasteiger partial charge on any atom is -0.303 e. The van der Waals surface area contributed by atoms with Gasteiger partial charge in [0.15, 0.2) is 0 Å². The number of phosphoric ester groups is 1. The average molecular weight is 158 g/mol. The van der Waals surface area contributed by atoms with Crippen LogP contribution in [-0.4, -0.2) is 76.0 Å². The Morgan fingerprint density at radius 3 is 1.50 bits per heavy atom. The van der Waals surface area contributed by atoms with E-state index in [9.17, 15) is 4.57 Å². The molecule has 0 aliphatic rings. The average Bonchev–Trinajstić information content (AvgIpc) is 1.35. The first-order chi connectivity index (χ1) is 2.56. The largest absolute Gasteiger partial charge is 0.469 e. The topological polar surface area (TPSA) is 66.8 Å². The standard InChI is InChI=1S/CH5O4P.2Na/c1-5-6(2,3)4;;/h1H3,(H2,2,3,4);;. The second-order valence-electron chi connectivity index (χ2n) is 0.673. The smallest absolute Gasteiger partial charge is 0.303 e. The Morgan fingerprint density at radius 1 is 1.38 bits per heavy atom. The van der Waals surface area contributed by atoms with E-state index in [2.05, 4.69) is 4.52 Å². The molecular formula is CH5Na2O4P. The maximum atomic E-state index is 9.47. The molecule has 2 N–H and O–H groups in total. The Kier molecular flexibility index (Phi) is 15.0. The van der Waals surface area contributed by atoms with Gasteiger partial charge in [0.1, 0.15) is 0 Å². The number of rotatable bonds is 1. The molecule has 0 saturated carbocycles. The summed E-state index contributed by atoms with van der Waals surface area (Å²) < 4.78 is 13.1. The number of phosphoric acid groups is 1. The molecule has 40 valence electrons. The molecule has 0 heterocycles. The van der Waals surface area contributed by atoms with Gasteiger partial charge in [-0.15, -0.1) is 0 Å². The van der Waals surface area contributed by atoms with Crippen molar-refractivity contribution in [2.75, 3.05) is 7.11 Å². The fourth-order valence-electron chi connectivity index (χ4n) is 0. The summed E-state index contributed by atoms with van der Waals surface area (Å²) in [7, 11) is -3.20. The van der Waals surface area contributed by atoms with E-state index < -0.39 is 7.82 Å². The van der Waals surface area contributed by atoms with Gasteiger partial charge in [-0.2, -0.15) is 0 Å². The predicted molar refractivity (Wildman–Crippen MR) is 30.6 cm³/mol. The van der Waals surface area contributed by atoms with Crippen LogP contribution >= 0.6 is 7.82 Å². The molecule has 8 heavy (non-hydrogen) atoms. The fourth-order valence-corrected chi connectivity index (χ4v) is 0. The van der Waals surface area contributed by atoms with Crippen LogP contribution in [0, 0.1) is 0 Å². The molecule has 0 spiro atoms. The van der Waals surface area contributed by atoms with Gasteiger partial charge in [-0.05, 0) is 0 Å². The van der Waals surface area contributed by atoms with Crippen LogP contribution in [0.4, 0.5) is 0 Å². The molecule has 0 unspecified atom stereocenters. The number of hydrogen-bond acceptors (Lipinski definition) is 2. The molecule has 0 aliphatic carbocycles. The zero-order chi connectivity index (χ0) is 5.21. The van der Waals surface area contributed by atoms with Crippen molar-refractivity contribution in [3.8, 4) is 0 Å². The minimum absolute atomic E-state index is 0. The molecule has 2 radical (unpaired) electrons. The summed E-state index contributed by atoms with van der Waals surface area (Å²) in [5.41, 5.74) is 0. The van der Waals surface area contributed by atoms with Crippen LogP contribution in [0.1, 0.15) is 0 Å². The molecule has 0 atom stereocenters. The van der Waals surface area contributed by atoms with E-state index in [4.69, 9.17) is 9.79 Å². The van der Waals surface area contributed by atoms with Gasteiger partial charge >= 0.3 is 7.82 Å². The van der Waals surface area contributed by atoms with Gasteiger partial charge in [0, 0.05) is 66.2 Å². The summed E-state index contributed by atoms with van der Waals surface area (Å²) in [6, 6.07) is 0. The summed E-state index contributed by atoms with van der Waals surface area (Å²) in [5, 5.41) is 0. The van der Waals surface area contributed by atoms with E-state index >= 15 is 0 Å². The predicted octanol–water partition coefficient (Wildman–Crippen LogP) is -1.04. The van der Waals surface area contributed by atoms with Crippen molar-refractivity contribution in [2.24, 2.45) is 0 Å². The van der Waals surface area contributed by atoms with Crippen LogP contribution < -0.4 is 0 Å². The fraction of sp³-hybridized carbons (Fsp3) is 1.00. The van der Waals surface area contributed by atoms with Crippen LogP contribution in [0.5, 0.6) is 0 Å². The van der Waals surface area contributed by atoms with Gasteiger partial charge in [-0.1, -0.05) is 0 Å². The molecule has 0 aromatic heterocycles. The van der Waals surface area contributed by atoms with E-state index in [1.165, 1.54) is 0 Å². The first-order valence-corrected chi connectivity index (χ1v) is 2.70. The summed E-state index contributed by atoms with van der Waals surface area (Å²) in [6.07, 6.45) is 0. The van der Waals surface area contributed by atoms with Crippen molar-refractivity contribution < 1.29 is 18.9 Å². The molecule has 4 nitrogen and oxygen atoms in total. The Labute approximate surface area is 91.8 Å². The van der Waals surface area contributed by atoms with E-state index in [1.54, 1.807) is 0 Å². The van der Waals surface area contributed by atoms with Crippen LogP contribution in [0.15, 0.2) is 0 Å². The second kappa shape index (κ2) is 7.22. The van der Waals surface area contributed by atoms with E-state index in [-0.39, 0.29) is 59.1 Å². The zero-order valence-electron chi connectivity index (χ0n) is 5.16. The third-order valence-electron chi connectivity index (χ3n) is 0.238. The van der Waals surface area contributed by atoms with Gasteiger partial charge in [-0.3, -0.25) is 4.52 Å². The Hall–Kier alpha value is 2.11. The van der Waals surface area contributed by atoms with Crippen LogP contribution in [0.3, 0.4) is 0 Å². The first-order valence-electron chi connectivity index (χ1n) is 1.17. The van der Waals surface area contributed by atoms with E-state index in [0.717, 1.165) is 7.11 Å². The van der Waals surface area contributed by atoms with Gasteiger partial charge < -0.3 is 9.79 Å². The monoisotopic (exact) mass is 158 g/mol. The van der Waals surface area contributed by atoms with Crippen molar-refractivity contribution in [2.45, 2.75) is 0 Å². The van der Waals surface area contributed by atoms with E-state index in [0.29, 0.717) is 0 Å². The van der Waals surface area contributed by atoms with Gasteiger partial charge in [0.05, 0.1) is 0 Å². The van der Waals surface area contributed by atoms with Crippen molar-refractivity contribution >= 4 is 66.9 Å². The first kappa shape index (κ1) is 16.6. The summed E-state index contributed by atoms with van der Waals surface area (Å²) in [4.78, 5) is 15.4. The molecular weight excluding hydrogens is 153 g/mol. The van der Waals surface area contributed by atoms with Crippen molar-refractivity contribution in [3.63, 3.8) is 0 Å². The molecule has 0 aromatic rings. The summed E-state index contributed by atoms with van der Waals surface area (Å²) in [6.45, 7) is 0. The van der Waals surface area contributed by atoms with Gasteiger partial charge in [0.2, 0.25) is 0 Å². The van der Waals surface area contributed by atoms with Crippen LogP contribution in [0.2, 0.25) is 0 Å². The Bertz CT molecular complexity index is 78.1. The van der Waals surface area contributed by atoms with Crippen molar-refractivity contribution in [1.29, 1.82) is 0 Å². The quantitative estimate of drug-likeness (QED) is 0.378. The summed E-state index contributed by atoms with van der Waals surface area (Å²) >= 11 is 0.